The Hall–Kier alpha value is -2.78. The maximum atomic E-state index is 13.1. The number of hydrazone groups is 1. The average Bonchev–Trinajstić information content (AvgIpc) is 2.54. The number of amides is 1. The van der Waals surface area contributed by atoms with Crippen molar-refractivity contribution in [2.75, 3.05) is 7.05 Å². The highest BCUT2D eigenvalue weighted by Crippen LogP contribution is 2.15. The first-order valence-corrected chi connectivity index (χ1v) is 7.54. The van der Waals surface area contributed by atoms with Crippen LogP contribution in [0.5, 0.6) is 0 Å². The lowest BCUT2D eigenvalue weighted by Gasteiger charge is -2.09. The predicted octanol–water partition coefficient (Wildman–Crippen LogP) is 0.933. The van der Waals surface area contributed by atoms with E-state index in [0.717, 1.165) is 5.12 Å². The van der Waals surface area contributed by atoms with Crippen molar-refractivity contribution in [3.05, 3.63) is 57.9 Å². The molecule has 1 aromatic carbocycles. The maximum absolute atomic E-state index is 13.1. The minimum absolute atomic E-state index is 0.0122. The van der Waals surface area contributed by atoms with Crippen LogP contribution in [0.15, 0.2) is 29.4 Å². The van der Waals surface area contributed by atoms with E-state index in [1.165, 1.54) is 31.3 Å². The molecule has 1 amide bonds. The van der Waals surface area contributed by atoms with Crippen molar-refractivity contribution in [2.24, 2.45) is 16.7 Å². The Morgan fingerprint density at radius 2 is 2.04 bits per heavy atom. The third-order valence-electron chi connectivity index (χ3n) is 3.04. The molecule has 0 saturated carbocycles. The third kappa shape index (κ3) is 5.10. The molecular weight excluding hydrogens is 349 g/mol. The molecule has 0 aliphatic carbocycles. The van der Waals surface area contributed by atoms with Crippen molar-refractivity contribution in [3.8, 4) is 0 Å². The smallest absolute Gasteiger partial charge is 0.270 e. The monoisotopic (exact) mass is 365 g/mol. The zero-order valence-electron chi connectivity index (χ0n) is 13.6. The summed E-state index contributed by atoms with van der Waals surface area (Å²) in [6.45, 7) is 1.78. The highest BCUT2D eigenvalue weighted by molar-refractivity contribution is 6.30. The molecule has 1 aromatic heterocycles. The largest absolute Gasteiger partial charge is 0.380 e. The first-order valence-electron chi connectivity index (χ1n) is 7.17. The Morgan fingerprint density at radius 1 is 1.36 bits per heavy atom. The van der Waals surface area contributed by atoms with Gasteiger partial charge >= 0.3 is 0 Å². The molecular formula is C15H17ClFN7O. The number of aromatic nitrogens is 2. The quantitative estimate of drug-likeness (QED) is 0.313. The van der Waals surface area contributed by atoms with Crippen molar-refractivity contribution >= 4 is 23.3 Å². The van der Waals surface area contributed by atoms with Crippen LogP contribution in [0.3, 0.4) is 0 Å². The summed E-state index contributed by atoms with van der Waals surface area (Å²) >= 11 is 5.71. The van der Waals surface area contributed by atoms with Gasteiger partial charge in [-0.2, -0.15) is 0 Å². The standard InChI is InChI=1S/C15H17ClFN7O/c1-8-21-12(14(18)23-24(2)19)6-13(22-8)15(25)20-7-9-3-4-11(17)10(16)5-9/h3-6H,7,19H2,1-2H3,(H2,18,23)(H,20,25). The molecule has 0 saturated heterocycles. The Bertz CT molecular complexity index is 826. The van der Waals surface area contributed by atoms with Gasteiger partial charge in [0.2, 0.25) is 0 Å². The second-order valence-corrected chi connectivity index (χ2v) is 5.58. The Morgan fingerprint density at radius 3 is 2.68 bits per heavy atom. The zero-order chi connectivity index (χ0) is 18.6. The van der Waals surface area contributed by atoms with E-state index in [0.29, 0.717) is 11.4 Å². The minimum atomic E-state index is -0.521. The molecule has 25 heavy (non-hydrogen) atoms. The summed E-state index contributed by atoms with van der Waals surface area (Å²) in [6.07, 6.45) is 0. The van der Waals surface area contributed by atoms with Gasteiger partial charge in [0.1, 0.15) is 23.0 Å². The molecule has 0 spiro atoms. The Kier molecular flexibility index (Phi) is 5.84. The summed E-state index contributed by atoms with van der Waals surface area (Å²) in [4.78, 5) is 20.5. The lowest BCUT2D eigenvalue weighted by Crippen LogP contribution is -2.28. The van der Waals surface area contributed by atoms with Gasteiger partial charge in [-0.3, -0.25) is 4.79 Å². The number of halogens is 2. The van der Waals surface area contributed by atoms with E-state index < -0.39 is 11.7 Å². The summed E-state index contributed by atoms with van der Waals surface area (Å²) in [5.41, 5.74) is 6.83. The van der Waals surface area contributed by atoms with Crippen LogP contribution in [0, 0.1) is 12.7 Å². The molecule has 1 heterocycles. The molecule has 0 aliphatic heterocycles. The fourth-order valence-corrected chi connectivity index (χ4v) is 2.16. The molecule has 0 atom stereocenters. The number of benzene rings is 1. The number of hydrogen-bond donors (Lipinski definition) is 3. The highest BCUT2D eigenvalue weighted by atomic mass is 35.5. The van der Waals surface area contributed by atoms with Crippen LogP contribution in [-0.4, -0.2) is 33.9 Å². The Labute approximate surface area is 148 Å². The fraction of sp³-hybridized carbons (Fsp3) is 0.200. The Balaban J connectivity index is 2.16. The van der Waals surface area contributed by atoms with Crippen molar-refractivity contribution in [1.82, 2.24) is 20.4 Å². The number of amidine groups is 1. The van der Waals surface area contributed by atoms with Crippen LogP contribution >= 0.6 is 11.6 Å². The van der Waals surface area contributed by atoms with E-state index in [2.05, 4.69) is 20.4 Å². The van der Waals surface area contributed by atoms with Gasteiger partial charge in [-0.05, 0) is 30.7 Å². The SMILES string of the molecule is Cc1nc(C(=O)NCc2ccc(F)c(Cl)c2)cc(/C(N)=N/N(C)N)n1. The van der Waals surface area contributed by atoms with E-state index >= 15 is 0 Å². The van der Waals surface area contributed by atoms with Gasteiger partial charge < -0.3 is 11.1 Å². The van der Waals surface area contributed by atoms with Crippen LogP contribution in [0.2, 0.25) is 5.02 Å². The van der Waals surface area contributed by atoms with Gasteiger partial charge in [0.05, 0.1) is 5.02 Å². The molecule has 5 N–H and O–H groups in total. The zero-order valence-corrected chi connectivity index (χ0v) is 14.4. The molecule has 132 valence electrons. The lowest BCUT2D eigenvalue weighted by molar-refractivity contribution is 0.0945. The maximum Gasteiger partial charge on any atom is 0.270 e. The summed E-state index contributed by atoms with van der Waals surface area (Å²) in [7, 11) is 1.50. The molecule has 8 nitrogen and oxygen atoms in total. The van der Waals surface area contributed by atoms with Crippen molar-refractivity contribution in [1.29, 1.82) is 0 Å². The molecule has 2 aromatic rings. The minimum Gasteiger partial charge on any atom is -0.380 e. The van der Waals surface area contributed by atoms with Crippen molar-refractivity contribution < 1.29 is 9.18 Å². The number of nitrogens with two attached hydrogens (primary N) is 2. The first-order chi connectivity index (χ1) is 11.8. The average molecular weight is 366 g/mol. The highest BCUT2D eigenvalue weighted by Gasteiger charge is 2.13. The van der Waals surface area contributed by atoms with Crippen molar-refractivity contribution in [3.63, 3.8) is 0 Å². The molecule has 0 fully saturated rings. The van der Waals surface area contributed by atoms with Gasteiger partial charge in [0, 0.05) is 13.6 Å². The fourth-order valence-electron chi connectivity index (χ4n) is 1.96. The number of nitrogens with zero attached hydrogens (tertiary/aromatic N) is 4. The number of rotatable bonds is 5. The molecule has 2 rings (SSSR count). The number of nitrogens with one attached hydrogen (secondary N) is 1. The molecule has 0 bridgehead atoms. The van der Waals surface area contributed by atoms with Crippen LogP contribution in [0.4, 0.5) is 4.39 Å². The second-order valence-electron chi connectivity index (χ2n) is 5.18. The molecule has 0 aliphatic rings. The number of hydrazine groups is 1. The molecule has 0 radical (unpaired) electrons. The number of aryl methyl sites for hydroxylation is 1. The van der Waals surface area contributed by atoms with E-state index in [9.17, 15) is 9.18 Å². The van der Waals surface area contributed by atoms with E-state index in [-0.39, 0.29) is 28.8 Å². The topological polar surface area (TPSA) is 123 Å². The van der Waals surface area contributed by atoms with E-state index in [1.807, 2.05) is 0 Å². The molecule has 0 unspecified atom stereocenters. The third-order valence-corrected chi connectivity index (χ3v) is 3.33. The summed E-state index contributed by atoms with van der Waals surface area (Å²) in [5.74, 6) is 4.85. The van der Waals surface area contributed by atoms with Gasteiger partial charge in [-0.1, -0.05) is 17.7 Å². The normalized spacial score (nSPS) is 11.3. The van der Waals surface area contributed by atoms with Crippen molar-refractivity contribution in [2.45, 2.75) is 13.5 Å². The summed E-state index contributed by atoms with van der Waals surface area (Å²) < 4.78 is 13.1. The van der Waals surface area contributed by atoms with Crippen LogP contribution in [0.25, 0.3) is 0 Å². The summed E-state index contributed by atoms with van der Waals surface area (Å²) in [5, 5.41) is 7.52. The number of hydrogen-bond acceptors (Lipinski definition) is 6. The predicted molar refractivity (Wildman–Crippen MR) is 92.0 cm³/mol. The van der Waals surface area contributed by atoms with Crippen LogP contribution in [0.1, 0.15) is 27.6 Å². The van der Waals surface area contributed by atoms with Gasteiger partial charge in [-0.25, -0.2) is 25.3 Å². The van der Waals surface area contributed by atoms with E-state index in [4.69, 9.17) is 23.2 Å². The number of carbonyl (C=O) groups is 1. The van der Waals surface area contributed by atoms with Crippen LogP contribution in [-0.2, 0) is 6.54 Å². The first kappa shape index (κ1) is 18.6. The van der Waals surface area contributed by atoms with Gasteiger partial charge in [0.25, 0.3) is 5.91 Å². The second kappa shape index (κ2) is 7.86. The van der Waals surface area contributed by atoms with Gasteiger partial charge in [-0.15, -0.1) is 5.10 Å². The number of carbonyl (C=O) groups excluding carboxylic acids is 1. The van der Waals surface area contributed by atoms with E-state index in [1.54, 1.807) is 6.92 Å². The van der Waals surface area contributed by atoms with Gasteiger partial charge in [0.15, 0.2) is 5.84 Å². The van der Waals surface area contributed by atoms with Crippen LogP contribution < -0.4 is 16.9 Å². The molecule has 10 heteroatoms. The summed E-state index contributed by atoms with van der Waals surface area (Å²) in [6, 6.07) is 5.61. The lowest BCUT2D eigenvalue weighted by atomic mass is 10.2.